The molecule has 0 bridgehead atoms. The van der Waals surface area contributed by atoms with Crippen LogP contribution in [0, 0.1) is 29.1 Å². The molecule has 28 heavy (non-hydrogen) atoms. The maximum atomic E-state index is 13.0. The summed E-state index contributed by atoms with van der Waals surface area (Å²) in [5.41, 5.74) is 3.53. The minimum atomic E-state index is -0.225. The first-order valence-electron chi connectivity index (χ1n) is 10.6. The van der Waals surface area contributed by atoms with E-state index in [1.54, 1.807) is 0 Å². The van der Waals surface area contributed by atoms with Crippen molar-refractivity contribution in [2.45, 2.75) is 50.9 Å². The first-order valence-corrected chi connectivity index (χ1v) is 10.6. The lowest BCUT2D eigenvalue weighted by Gasteiger charge is -2.49. The van der Waals surface area contributed by atoms with Crippen molar-refractivity contribution in [1.82, 2.24) is 0 Å². The number of aryl methyl sites for hydroxylation is 1. The van der Waals surface area contributed by atoms with Crippen molar-refractivity contribution >= 4 is 5.78 Å². The third-order valence-corrected chi connectivity index (χ3v) is 7.57. The number of aromatic hydroxyl groups is 1. The van der Waals surface area contributed by atoms with Crippen molar-refractivity contribution in [3.05, 3.63) is 65.2 Å². The predicted octanol–water partition coefficient (Wildman–Crippen LogP) is 5.24. The molecule has 0 spiro atoms. The van der Waals surface area contributed by atoms with Gasteiger partial charge in [-0.15, -0.1) is 0 Å². The van der Waals surface area contributed by atoms with E-state index in [1.807, 2.05) is 42.5 Å². The second-order valence-corrected chi connectivity index (χ2v) is 8.80. The summed E-state index contributed by atoms with van der Waals surface area (Å²) in [7, 11) is 0. The minimum Gasteiger partial charge on any atom is -0.508 e. The van der Waals surface area contributed by atoms with Gasteiger partial charge in [-0.05, 0) is 85.3 Å². The second-order valence-electron chi connectivity index (χ2n) is 8.80. The molecule has 142 valence electrons. The van der Waals surface area contributed by atoms with Crippen molar-refractivity contribution in [2.75, 3.05) is 0 Å². The zero-order valence-electron chi connectivity index (χ0n) is 16.2. The number of carbonyl (C=O) groups excluding carboxylic acids is 1. The molecule has 0 radical (unpaired) electrons. The van der Waals surface area contributed by atoms with Crippen molar-refractivity contribution < 1.29 is 9.90 Å². The molecule has 2 saturated carbocycles. The number of benzene rings is 2. The summed E-state index contributed by atoms with van der Waals surface area (Å²) >= 11 is 0. The minimum absolute atomic E-state index is 0.225. The molecule has 0 aromatic heterocycles. The summed E-state index contributed by atoms with van der Waals surface area (Å²) in [5, 5.41) is 9.84. The third kappa shape index (κ3) is 2.76. The summed E-state index contributed by atoms with van der Waals surface area (Å²) in [6.45, 7) is 0. The third-order valence-electron chi connectivity index (χ3n) is 7.57. The van der Waals surface area contributed by atoms with Gasteiger partial charge in [0.25, 0.3) is 0 Å². The molecule has 2 nitrogen and oxygen atoms in total. The first-order chi connectivity index (χ1) is 13.7. The number of fused-ring (bicyclic) bond motifs is 5. The fraction of sp³-hybridized carbons (Fsp3) is 0.423. The van der Waals surface area contributed by atoms with Crippen LogP contribution >= 0.6 is 0 Å². The highest BCUT2D eigenvalue weighted by molar-refractivity contribution is 5.88. The summed E-state index contributed by atoms with van der Waals surface area (Å²) in [6, 6.07) is 16.0. The number of rotatable bonds is 1. The SMILES string of the molecule is O=C1CC[C@H]2[C@@H]3CCc4cc(O)ccc4[C@H]3CC[C@]12CC#Cc1ccccc1. The van der Waals surface area contributed by atoms with E-state index in [0.717, 1.165) is 44.1 Å². The molecule has 2 heteroatoms. The molecular formula is C26H26O2. The van der Waals surface area contributed by atoms with Crippen LogP contribution in [-0.2, 0) is 11.2 Å². The van der Waals surface area contributed by atoms with E-state index >= 15 is 0 Å². The van der Waals surface area contributed by atoms with E-state index in [0.29, 0.717) is 35.7 Å². The molecule has 2 aromatic rings. The van der Waals surface area contributed by atoms with Crippen molar-refractivity contribution in [3.8, 4) is 17.6 Å². The van der Waals surface area contributed by atoms with E-state index in [1.165, 1.54) is 11.1 Å². The molecule has 5 rings (SSSR count). The van der Waals surface area contributed by atoms with E-state index in [4.69, 9.17) is 0 Å². The molecule has 2 aromatic carbocycles. The van der Waals surface area contributed by atoms with Gasteiger partial charge in [-0.3, -0.25) is 4.79 Å². The van der Waals surface area contributed by atoms with Crippen molar-refractivity contribution in [3.63, 3.8) is 0 Å². The lowest BCUT2D eigenvalue weighted by molar-refractivity contribution is -0.130. The quantitative estimate of drug-likeness (QED) is 0.697. The maximum absolute atomic E-state index is 13.0. The van der Waals surface area contributed by atoms with Gasteiger partial charge < -0.3 is 5.11 Å². The normalized spacial score (nSPS) is 30.6. The molecule has 3 aliphatic carbocycles. The van der Waals surface area contributed by atoms with E-state index < -0.39 is 0 Å². The average molecular weight is 370 g/mol. The average Bonchev–Trinajstić information content (AvgIpc) is 3.05. The van der Waals surface area contributed by atoms with Crippen LogP contribution in [0.2, 0.25) is 0 Å². The van der Waals surface area contributed by atoms with E-state index in [2.05, 4.69) is 17.9 Å². The Morgan fingerprint density at radius 2 is 1.89 bits per heavy atom. The zero-order chi connectivity index (χ0) is 19.1. The lowest BCUT2D eigenvalue weighted by atomic mass is 9.54. The molecular weight excluding hydrogens is 344 g/mol. The van der Waals surface area contributed by atoms with Gasteiger partial charge in [0.05, 0.1) is 0 Å². The molecule has 0 heterocycles. The molecule has 2 fully saturated rings. The first kappa shape index (κ1) is 17.6. The van der Waals surface area contributed by atoms with Gasteiger partial charge in [-0.1, -0.05) is 36.1 Å². The smallest absolute Gasteiger partial charge is 0.140 e. The highest BCUT2D eigenvalue weighted by Gasteiger charge is 2.56. The Morgan fingerprint density at radius 1 is 1.04 bits per heavy atom. The zero-order valence-corrected chi connectivity index (χ0v) is 16.2. The maximum Gasteiger partial charge on any atom is 0.140 e. The van der Waals surface area contributed by atoms with Gasteiger partial charge in [0, 0.05) is 23.8 Å². The number of hydrogen-bond acceptors (Lipinski definition) is 2. The molecule has 0 aliphatic heterocycles. The summed E-state index contributed by atoms with van der Waals surface area (Å²) in [6.07, 6.45) is 6.63. The number of ketones is 1. The van der Waals surface area contributed by atoms with E-state index in [-0.39, 0.29) is 5.41 Å². The van der Waals surface area contributed by atoms with Crippen molar-refractivity contribution in [2.24, 2.45) is 17.3 Å². The standard InChI is InChI=1S/C26H26O2/c27-20-9-11-21-19(17-20)8-10-23-22(21)14-16-26(24(23)12-13-25(26)28)15-4-7-18-5-2-1-3-6-18/h1-3,5-6,9,11,17,22-24,27H,8,10,12-16H2/t22-,23-,24+,26+/m1/s1. The highest BCUT2D eigenvalue weighted by Crippen LogP contribution is 2.61. The Bertz CT molecular complexity index is 965. The molecule has 1 N–H and O–H groups in total. The van der Waals surface area contributed by atoms with Crippen LogP contribution in [0.3, 0.4) is 0 Å². The Kier molecular flexibility index (Phi) is 4.27. The number of phenolic OH excluding ortho intramolecular Hbond substituents is 1. The van der Waals surface area contributed by atoms with Gasteiger partial charge in [-0.25, -0.2) is 0 Å². The fourth-order valence-electron chi connectivity index (χ4n) is 6.30. The molecule has 3 aliphatic rings. The number of hydrogen-bond donors (Lipinski definition) is 1. The Hall–Kier alpha value is -2.53. The van der Waals surface area contributed by atoms with Crippen LogP contribution in [-0.4, -0.2) is 10.9 Å². The Morgan fingerprint density at radius 3 is 2.75 bits per heavy atom. The van der Waals surface area contributed by atoms with Crippen LogP contribution < -0.4 is 0 Å². The van der Waals surface area contributed by atoms with Gasteiger partial charge in [0.1, 0.15) is 11.5 Å². The van der Waals surface area contributed by atoms with Gasteiger partial charge >= 0.3 is 0 Å². The fourth-order valence-corrected chi connectivity index (χ4v) is 6.30. The van der Waals surface area contributed by atoms with Crippen molar-refractivity contribution in [1.29, 1.82) is 0 Å². The molecule has 0 unspecified atom stereocenters. The summed E-state index contributed by atoms with van der Waals surface area (Å²) in [5.74, 6) is 9.07. The monoisotopic (exact) mass is 370 g/mol. The number of phenols is 1. The topological polar surface area (TPSA) is 37.3 Å². The van der Waals surface area contributed by atoms with Crippen LogP contribution in [0.15, 0.2) is 48.5 Å². The second kappa shape index (κ2) is 6.82. The Labute approximate surface area is 167 Å². The highest BCUT2D eigenvalue weighted by atomic mass is 16.3. The van der Waals surface area contributed by atoms with Gasteiger partial charge in [0.15, 0.2) is 0 Å². The van der Waals surface area contributed by atoms with Crippen LogP contribution in [0.4, 0.5) is 0 Å². The lowest BCUT2D eigenvalue weighted by Crippen LogP contribution is -2.44. The Balaban J connectivity index is 1.43. The summed E-state index contributed by atoms with van der Waals surface area (Å²) in [4.78, 5) is 13.0. The van der Waals surface area contributed by atoms with Crippen LogP contribution in [0.1, 0.15) is 61.1 Å². The largest absolute Gasteiger partial charge is 0.508 e. The van der Waals surface area contributed by atoms with Crippen LogP contribution in [0.25, 0.3) is 0 Å². The predicted molar refractivity (Wildman–Crippen MR) is 110 cm³/mol. The van der Waals surface area contributed by atoms with Crippen LogP contribution in [0.5, 0.6) is 5.75 Å². The van der Waals surface area contributed by atoms with Gasteiger partial charge in [-0.2, -0.15) is 0 Å². The van der Waals surface area contributed by atoms with Gasteiger partial charge in [0.2, 0.25) is 0 Å². The molecule has 0 saturated heterocycles. The number of carbonyl (C=O) groups is 1. The molecule has 4 atom stereocenters. The van der Waals surface area contributed by atoms with E-state index in [9.17, 15) is 9.90 Å². The molecule has 0 amide bonds. The number of Topliss-reactive ketones (excluding diaryl/α,β-unsaturated/α-hetero) is 1. The summed E-state index contributed by atoms with van der Waals surface area (Å²) < 4.78 is 0.